The average Bonchev–Trinajstić information content (AvgIpc) is 3.12. The highest BCUT2D eigenvalue weighted by molar-refractivity contribution is 5.94. The van der Waals surface area contributed by atoms with E-state index in [0.29, 0.717) is 11.6 Å². The Morgan fingerprint density at radius 1 is 1.21 bits per heavy atom. The Labute approximate surface area is 164 Å². The maximum atomic E-state index is 13.0. The maximum Gasteiger partial charge on any atom is 0.276 e. The minimum atomic E-state index is -0.0193. The van der Waals surface area contributed by atoms with Crippen LogP contribution in [0.5, 0.6) is 0 Å². The molecule has 7 nitrogen and oxygen atoms in total. The summed E-state index contributed by atoms with van der Waals surface area (Å²) in [4.78, 5) is 19.4. The predicted octanol–water partition coefficient (Wildman–Crippen LogP) is 2.59. The van der Waals surface area contributed by atoms with Crippen molar-refractivity contribution in [2.24, 2.45) is 5.92 Å². The van der Waals surface area contributed by atoms with E-state index < -0.39 is 0 Å². The number of pyridine rings is 1. The minimum absolute atomic E-state index is 0.0193. The molecule has 0 atom stereocenters. The second-order valence-electron chi connectivity index (χ2n) is 7.41. The molecule has 7 heteroatoms. The van der Waals surface area contributed by atoms with Crippen molar-refractivity contribution < 1.29 is 4.79 Å². The first kappa shape index (κ1) is 18.6. The van der Waals surface area contributed by atoms with Gasteiger partial charge in [0.2, 0.25) is 0 Å². The summed E-state index contributed by atoms with van der Waals surface area (Å²) < 4.78 is 1.75. The largest absolute Gasteiger partial charge is 0.337 e. The van der Waals surface area contributed by atoms with Crippen molar-refractivity contribution in [1.29, 1.82) is 0 Å². The number of nitrogens with zero attached hydrogens (tertiary/aromatic N) is 5. The molecule has 0 spiro atoms. The third kappa shape index (κ3) is 3.49. The van der Waals surface area contributed by atoms with Crippen LogP contribution in [0.2, 0.25) is 0 Å². The van der Waals surface area contributed by atoms with E-state index in [9.17, 15) is 4.79 Å². The number of amides is 1. The second kappa shape index (κ2) is 8.06. The molecule has 0 aliphatic carbocycles. The first-order valence-electron chi connectivity index (χ1n) is 9.89. The van der Waals surface area contributed by atoms with Crippen molar-refractivity contribution in [3.63, 3.8) is 0 Å². The molecule has 3 aromatic rings. The Morgan fingerprint density at radius 2 is 2.04 bits per heavy atom. The topological polar surface area (TPSA) is 75.9 Å². The Morgan fingerprint density at radius 3 is 2.82 bits per heavy atom. The highest BCUT2D eigenvalue weighted by atomic mass is 16.2. The molecule has 2 aromatic heterocycles. The van der Waals surface area contributed by atoms with Gasteiger partial charge in [-0.2, -0.15) is 0 Å². The first-order valence-corrected chi connectivity index (χ1v) is 9.89. The van der Waals surface area contributed by atoms with E-state index in [-0.39, 0.29) is 5.91 Å². The van der Waals surface area contributed by atoms with Crippen LogP contribution in [0.3, 0.4) is 0 Å². The molecule has 0 saturated carbocycles. The lowest BCUT2D eigenvalue weighted by molar-refractivity contribution is 0.0680. The Kier molecular flexibility index (Phi) is 5.34. The van der Waals surface area contributed by atoms with Gasteiger partial charge in [-0.15, -0.1) is 5.10 Å². The van der Waals surface area contributed by atoms with Crippen LogP contribution >= 0.6 is 0 Å². The van der Waals surface area contributed by atoms with Crippen LogP contribution in [0, 0.1) is 12.8 Å². The normalized spacial score (nSPS) is 15.3. The Hall–Kier alpha value is -2.80. The fourth-order valence-electron chi connectivity index (χ4n) is 3.95. The molecular weight excluding hydrogens is 352 g/mol. The summed E-state index contributed by atoms with van der Waals surface area (Å²) in [6, 6.07) is 9.81. The zero-order chi connectivity index (χ0) is 19.5. The molecule has 1 N–H and O–H groups in total. The van der Waals surface area contributed by atoms with Crippen molar-refractivity contribution in [2.45, 2.75) is 26.2 Å². The average molecular weight is 378 g/mol. The van der Waals surface area contributed by atoms with Crippen LogP contribution in [0.25, 0.3) is 16.6 Å². The first-order chi connectivity index (χ1) is 13.7. The highest BCUT2D eigenvalue weighted by Crippen LogP contribution is 2.24. The van der Waals surface area contributed by atoms with E-state index in [4.69, 9.17) is 0 Å². The molecule has 1 amide bonds. The van der Waals surface area contributed by atoms with Crippen LogP contribution in [0.1, 0.15) is 35.4 Å². The molecule has 0 bridgehead atoms. The summed E-state index contributed by atoms with van der Waals surface area (Å²) in [5.41, 5.74) is 2.99. The molecule has 0 radical (unpaired) electrons. The van der Waals surface area contributed by atoms with Crippen molar-refractivity contribution in [2.75, 3.05) is 26.7 Å². The van der Waals surface area contributed by atoms with Gasteiger partial charge in [0.1, 0.15) is 0 Å². The van der Waals surface area contributed by atoms with Crippen LogP contribution in [0.15, 0.2) is 36.5 Å². The van der Waals surface area contributed by atoms with Crippen molar-refractivity contribution in [3.05, 3.63) is 47.9 Å². The lowest BCUT2D eigenvalue weighted by Crippen LogP contribution is -2.39. The summed E-state index contributed by atoms with van der Waals surface area (Å²) in [7, 11) is 1.98. The third-order valence-corrected chi connectivity index (χ3v) is 5.65. The van der Waals surface area contributed by atoms with Gasteiger partial charge in [0, 0.05) is 24.7 Å². The van der Waals surface area contributed by atoms with Gasteiger partial charge in [-0.3, -0.25) is 9.78 Å². The number of piperidine rings is 1. The monoisotopic (exact) mass is 378 g/mol. The molecule has 146 valence electrons. The molecule has 3 heterocycles. The number of aromatic nitrogens is 4. The fraction of sp³-hybridized carbons (Fsp3) is 0.429. The van der Waals surface area contributed by atoms with Crippen LogP contribution in [-0.4, -0.2) is 57.5 Å². The molecule has 1 fully saturated rings. The maximum absolute atomic E-state index is 13.0. The predicted molar refractivity (Wildman–Crippen MR) is 109 cm³/mol. The van der Waals surface area contributed by atoms with Crippen LogP contribution in [-0.2, 0) is 0 Å². The fourth-order valence-corrected chi connectivity index (χ4v) is 3.95. The Balaban J connectivity index is 1.55. The number of likely N-dealkylation sites (tertiary alicyclic amines) is 1. The second-order valence-corrected chi connectivity index (χ2v) is 7.41. The van der Waals surface area contributed by atoms with Gasteiger partial charge in [0.15, 0.2) is 5.69 Å². The number of carbonyl (C=O) groups excluding carboxylic acids is 1. The molecule has 1 aromatic carbocycles. The minimum Gasteiger partial charge on any atom is -0.337 e. The Bertz CT molecular complexity index is 969. The highest BCUT2D eigenvalue weighted by Gasteiger charge is 2.27. The van der Waals surface area contributed by atoms with Gasteiger partial charge >= 0.3 is 0 Å². The van der Waals surface area contributed by atoms with Gasteiger partial charge in [0.25, 0.3) is 5.91 Å². The molecule has 4 rings (SSSR count). The molecule has 28 heavy (non-hydrogen) atoms. The smallest absolute Gasteiger partial charge is 0.276 e. The number of rotatable bonds is 5. The van der Waals surface area contributed by atoms with Gasteiger partial charge in [0.05, 0.1) is 16.9 Å². The van der Waals surface area contributed by atoms with E-state index in [0.717, 1.165) is 54.8 Å². The summed E-state index contributed by atoms with van der Waals surface area (Å²) in [6.07, 6.45) is 5.05. The number of fused-ring (bicyclic) bond motifs is 1. The van der Waals surface area contributed by atoms with Crippen molar-refractivity contribution in [1.82, 2.24) is 30.2 Å². The van der Waals surface area contributed by atoms with E-state index >= 15 is 0 Å². The van der Waals surface area contributed by atoms with Gasteiger partial charge in [-0.05, 0) is 70.0 Å². The van der Waals surface area contributed by atoms with Crippen LogP contribution in [0.4, 0.5) is 0 Å². The van der Waals surface area contributed by atoms with Crippen LogP contribution < -0.4 is 5.32 Å². The van der Waals surface area contributed by atoms with Crippen molar-refractivity contribution >= 4 is 16.8 Å². The van der Waals surface area contributed by atoms with E-state index in [2.05, 4.69) is 20.6 Å². The van der Waals surface area contributed by atoms with Gasteiger partial charge < -0.3 is 10.2 Å². The summed E-state index contributed by atoms with van der Waals surface area (Å²) in [5.74, 6) is 0.672. The summed E-state index contributed by atoms with van der Waals surface area (Å²) in [6.45, 7) is 4.52. The lowest BCUT2D eigenvalue weighted by Gasteiger charge is -2.31. The molecule has 1 aliphatic heterocycles. The van der Waals surface area contributed by atoms with E-state index in [1.165, 1.54) is 6.42 Å². The molecule has 1 saturated heterocycles. The number of hydrogen-bond acceptors (Lipinski definition) is 5. The third-order valence-electron chi connectivity index (χ3n) is 5.65. The summed E-state index contributed by atoms with van der Waals surface area (Å²) >= 11 is 0. The number of hydrogen-bond donors (Lipinski definition) is 1. The van der Waals surface area contributed by atoms with Gasteiger partial charge in [-0.1, -0.05) is 11.3 Å². The lowest BCUT2D eigenvalue weighted by atomic mass is 9.93. The zero-order valence-electron chi connectivity index (χ0n) is 16.4. The number of benzene rings is 1. The molecular formula is C21H26N6O. The number of nitrogens with one attached hydrogen (secondary N) is 1. The van der Waals surface area contributed by atoms with Gasteiger partial charge in [-0.25, -0.2) is 4.68 Å². The van der Waals surface area contributed by atoms with Crippen molar-refractivity contribution in [3.8, 4) is 5.69 Å². The molecule has 0 unspecified atom stereocenters. The van der Waals surface area contributed by atoms with E-state index in [1.807, 2.05) is 49.2 Å². The quantitative estimate of drug-likeness (QED) is 0.738. The van der Waals surface area contributed by atoms with E-state index in [1.54, 1.807) is 10.9 Å². The zero-order valence-corrected chi connectivity index (χ0v) is 16.4. The molecule has 1 aliphatic rings. The standard InChI is InChI=1S/C21H26N6O/c1-15-20(21(28)26-13-9-16(10-14-26)8-12-22-2)24-25-27(15)19-7-3-6-18-17(19)5-4-11-23-18/h3-7,11,16,22H,8-10,12-14H2,1-2H3. The number of carbonyl (C=O) groups is 1. The SMILES string of the molecule is CNCCC1CCN(C(=O)c2nnn(-c3cccc4ncccc34)c2C)CC1. The summed E-state index contributed by atoms with van der Waals surface area (Å²) in [5, 5.41) is 12.7.